The van der Waals surface area contributed by atoms with Crippen LogP contribution < -0.4 is 9.80 Å². The van der Waals surface area contributed by atoms with Crippen molar-refractivity contribution in [2.24, 2.45) is 0 Å². The molecule has 29 heavy (non-hydrogen) atoms. The van der Waals surface area contributed by atoms with Crippen LogP contribution in [0.15, 0.2) is 54.9 Å². The summed E-state index contributed by atoms with van der Waals surface area (Å²) in [6.45, 7) is 0.385. The highest BCUT2D eigenvalue weighted by Crippen LogP contribution is 2.32. The normalized spacial score (nSPS) is 13.2. The zero-order chi connectivity index (χ0) is 20.5. The summed E-state index contributed by atoms with van der Waals surface area (Å²) in [6, 6.07) is 11.8. The average Bonchev–Trinajstić information content (AvgIpc) is 2.72. The lowest BCUT2D eigenvalue weighted by molar-refractivity contribution is 0.0983. The third kappa shape index (κ3) is 3.70. The minimum atomic E-state index is -0.712. The van der Waals surface area contributed by atoms with Crippen molar-refractivity contribution >= 4 is 17.3 Å². The molecule has 0 N–H and O–H groups in total. The molecule has 1 aliphatic rings. The van der Waals surface area contributed by atoms with Crippen molar-refractivity contribution in [1.82, 2.24) is 4.98 Å². The molecule has 0 aliphatic carbocycles. The number of halogens is 2. The lowest BCUT2D eigenvalue weighted by Gasteiger charge is -2.30. The summed E-state index contributed by atoms with van der Waals surface area (Å²) < 4.78 is 28.0. The number of anilines is 2. The molecule has 0 saturated carbocycles. The predicted molar refractivity (Wildman–Crippen MR) is 110 cm³/mol. The summed E-state index contributed by atoms with van der Waals surface area (Å²) in [7, 11) is 3.94. The SMILES string of the molecule is CN(C)c1ccc(-c2cncc(C(=O)N3CCCc4cc(F)cc(F)c43)c2)cc1. The molecule has 0 spiro atoms. The Kier molecular flexibility index (Phi) is 5.01. The molecule has 1 aliphatic heterocycles. The molecule has 0 unspecified atom stereocenters. The van der Waals surface area contributed by atoms with Crippen molar-refractivity contribution in [3.63, 3.8) is 0 Å². The third-order valence-electron chi connectivity index (χ3n) is 5.15. The van der Waals surface area contributed by atoms with Gasteiger partial charge in [-0.1, -0.05) is 12.1 Å². The summed E-state index contributed by atoms with van der Waals surface area (Å²) in [4.78, 5) is 20.8. The Morgan fingerprint density at radius 2 is 1.79 bits per heavy atom. The smallest absolute Gasteiger partial charge is 0.259 e. The zero-order valence-electron chi connectivity index (χ0n) is 16.3. The summed E-state index contributed by atoms with van der Waals surface area (Å²) in [5.41, 5.74) is 3.87. The van der Waals surface area contributed by atoms with Crippen LogP contribution in [0.2, 0.25) is 0 Å². The van der Waals surface area contributed by atoms with Gasteiger partial charge in [0.15, 0.2) is 0 Å². The molecule has 3 aromatic rings. The van der Waals surface area contributed by atoms with Gasteiger partial charge in [-0.25, -0.2) is 8.78 Å². The number of rotatable bonds is 3. The van der Waals surface area contributed by atoms with Crippen LogP contribution in [0.3, 0.4) is 0 Å². The summed E-state index contributed by atoms with van der Waals surface area (Å²) in [5, 5.41) is 0. The highest BCUT2D eigenvalue weighted by atomic mass is 19.1. The molecule has 148 valence electrons. The van der Waals surface area contributed by atoms with Crippen molar-refractivity contribution in [3.05, 3.63) is 77.6 Å². The first-order chi connectivity index (χ1) is 13.9. The zero-order valence-corrected chi connectivity index (χ0v) is 16.3. The van der Waals surface area contributed by atoms with E-state index in [4.69, 9.17) is 0 Å². The average molecular weight is 393 g/mol. The molecular formula is C23H21F2N3O. The largest absolute Gasteiger partial charge is 0.378 e. The highest BCUT2D eigenvalue weighted by molar-refractivity contribution is 6.07. The molecule has 0 fully saturated rings. The summed E-state index contributed by atoms with van der Waals surface area (Å²) >= 11 is 0. The van der Waals surface area contributed by atoms with Gasteiger partial charge in [-0.15, -0.1) is 0 Å². The maximum atomic E-state index is 14.5. The molecule has 2 heterocycles. The molecule has 4 nitrogen and oxygen atoms in total. The number of fused-ring (bicyclic) bond motifs is 1. The van der Waals surface area contributed by atoms with Gasteiger partial charge in [0.25, 0.3) is 5.91 Å². The lowest BCUT2D eigenvalue weighted by Crippen LogP contribution is -2.36. The Hall–Kier alpha value is -3.28. The Bertz CT molecular complexity index is 1060. The van der Waals surface area contributed by atoms with E-state index in [1.165, 1.54) is 17.2 Å². The van der Waals surface area contributed by atoms with Gasteiger partial charge < -0.3 is 9.80 Å². The second kappa shape index (κ2) is 7.62. The van der Waals surface area contributed by atoms with E-state index in [0.717, 1.165) is 22.9 Å². The topological polar surface area (TPSA) is 36.4 Å². The predicted octanol–water partition coefficient (Wildman–Crippen LogP) is 4.69. The monoisotopic (exact) mass is 393 g/mol. The summed E-state index contributed by atoms with van der Waals surface area (Å²) in [6.07, 6.45) is 4.38. The van der Waals surface area contributed by atoms with Gasteiger partial charge >= 0.3 is 0 Å². The van der Waals surface area contributed by atoms with Gasteiger partial charge in [-0.05, 0) is 48.2 Å². The number of aryl methyl sites for hydroxylation is 1. The molecule has 2 aromatic carbocycles. The van der Waals surface area contributed by atoms with Gasteiger partial charge in [0, 0.05) is 50.4 Å². The van der Waals surface area contributed by atoms with Crippen LogP contribution in [0.25, 0.3) is 11.1 Å². The Morgan fingerprint density at radius 3 is 2.52 bits per heavy atom. The van der Waals surface area contributed by atoms with Gasteiger partial charge in [-0.2, -0.15) is 0 Å². The number of nitrogens with zero attached hydrogens (tertiary/aromatic N) is 3. The summed E-state index contributed by atoms with van der Waals surface area (Å²) in [5.74, 6) is -1.67. The van der Waals surface area contributed by atoms with E-state index in [-0.39, 0.29) is 11.6 Å². The second-order valence-corrected chi connectivity index (χ2v) is 7.36. The number of carbonyl (C=O) groups excluding carboxylic acids is 1. The maximum absolute atomic E-state index is 14.5. The van der Waals surface area contributed by atoms with Gasteiger partial charge in [-0.3, -0.25) is 9.78 Å². The van der Waals surface area contributed by atoms with Crippen LogP contribution >= 0.6 is 0 Å². The first kappa shape index (κ1) is 19.1. The highest BCUT2D eigenvalue weighted by Gasteiger charge is 2.27. The lowest BCUT2D eigenvalue weighted by atomic mass is 9.99. The minimum absolute atomic E-state index is 0.170. The first-order valence-electron chi connectivity index (χ1n) is 9.46. The molecule has 0 bridgehead atoms. The van der Waals surface area contributed by atoms with Gasteiger partial charge in [0.05, 0.1) is 11.3 Å². The van der Waals surface area contributed by atoms with Gasteiger partial charge in [0.2, 0.25) is 0 Å². The minimum Gasteiger partial charge on any atom is -0.378 e. The number of aromatic nitrogens is 1. The number of benzene rings is 2. The number of pyridine rings is 1. The fourth-order valence-corrected chi connectivity index (χ4v) is 3.68. The fraction of sp³-hybridized carbons (Fsp3) is 0.217. The van der Waals surface area contributed by atoms with Crippen molar-refractivity contribution in [3.8, 4) is 11.1 Å². The van der Waals surface area contributed by atoms with Crippen molar-refractivity contribution in [1.29, 1.82) is 0 Å². The van der Waals surface area contributed by atoms with Crippen molar-refractivity contribution < 1.29 is 13.6 Å². The quantitative estimate of drug-likeness (QED) is 0.648. The number of carbonyl (C=O) groups is 1. The number of hydrogen-bond donors (Lipinski definition) is 0. The van der Waals surface area contributed by atoms with Crippen LogP contribution in [-0.2, 0) is 6.42 Å². The van der Waals surface area contributed by atoms with Gasteiger partial charge in [0.1, 0.15) is 11.6 Å². The Balaban J connectivity index is 1.67. The molecule has 6 heteroatoms. The maximum Gasteiger partial charge on any atom is 0.259 e. The van der Waals surface area contributed by atoms with Crippen molar-refractivity contribution in [2.75, 3.05) is 30.4 Å². The molecule has 0 atom stereocenters. The first-order valence-corrected chi connectivity index (χ1v) is 9.46. The molecule has 1 aromatic heterocycles. The molecule has 0 radical (unpaired) electrons. The van der Waals surface area contributed by atoms with E-state index < -0.39 is 11.6 Å². The number of hydrogen-bond acceptors (Lipinski definition) is 3. The Labute approximate surface area is 168 Å². The third-order valence-corrected chi connectivity index (χ3v) is 5.15. The van der Waals surface area contributed by atoms with Crippen LogP contribution in [-0.4, -0.2) is 31.5 Å². The van der Waals surface area contributed by atoms with Crippen molar-refractivity contribution in [2.45, 2.75) is 12.8 Å². The number of amides is 1. The van der Waals surface area contributed by atoms with E-state index in [1.807, 2.05) is 43.3 Å². The second-order valence-electron chi connectivity index (χ2n) is 7.36. The van der Waals surface area contributed by atoms with E-state index in [9.17, 15) is 13.6 Å². The molecule has 4 rings (SSSR count). The van der Waals surface area contributed by atoms with Crippen LogP contribution in [0.5, 0.6) is 0 Å². The van der Waals surface area contributed by atoms with Crippen LogP contribution in [0.1, 0.15) is 22.3 Å². The van der Waals surface area contributed by atoms with E-state index >= 15 is 0 Å². The van der Waals surface area contributed by atoms with E-state index in [0.29, 0.717) is 30.5 Å². The molecule has 1 amide bonds. The Morgan fingerprint density at radius 1 is 1.03 bits per heavy atom. The molecular weight excluding hydrogens is 372 g/mol. The fourth-order valence-electron chi connectivity index (χ4n) is 3.68. The van der Waals surface area contributed by atoms with E-state index in [1.54, 1.807) is 12.3 Å². The van der Waals surface area contributed by atoms with Crippen LogP contribution in [0, 0.1) is 11.6 Å². The molecule has 0 saturated heterocycles. The standard InChI is InChI=1S/C23H21F2N3O/c1-27(2)20-7-5-15(6-8-20)17-10-18(14-26-13-17)23(29)28-9-3-4-16-11-19(24)12-21(25)22(16)28/h5-8,10-14H,3-4,9H2,1-2H3. The van der Waals surface area contributed by atoms with Crippen LogP contribution in [0.4, 0.5) is 20.2 Å². The van der Waals surface area contributed by atoms with E-state index in [2.05, 4.69) is 4.98 Å².